The Morgan fingerprint density at radius 3 is 2.90 bits per heavy atom. The molecular weight excluding hydrogens is 296 g/mol. The molecule has 20 heavy (non-hydrogen) atoms. The molecule has 1 aliphatic rings. The van der Waals surface area contributed by atoms with E-state index in [1.54, 1.807) is 22.7 Å². The lowest BCUT2D eigenvalue weighted by Crippen LogP contribution is -2.28. The fourth-order valence-corrected chi connectivity index (χ4v) is 3.01. The molecule has 0 atom stereocenters. The predicted molar refractivity (Wildman–Crippen MR) is 82.3 cm³/mol. The number of nitrogens with one attached hydrogen (secondary N) is 1. The third kappa shape index (κ3) is 3.90. The number of rotatable bonds is 5. The van der Waals surface area contributed by atoms with Crippen LogP contribution < -0.4 is 5.32 Å². The van der Waals surface area contributed by atoms with Crippen molar-refractivity contribution in [2.75, 3.05) is 24.7 Å². The first-order chi connectivity index (χ1) is 9.60. The van der Waals surface area contributed by atoms with Crippen LogP contribution in [0.4, 0.5) is 5.69 Å². The van der Waals surface area contributed by atoms with Gasteiger partial charge < -0.3 is 10.2 Å². The Bertz CT molecular complexity index is 522. The van der Waals surface area contributed by atoms with E-state index in [2.05, 4.69) is 5.32 Å². The maximum Gasteiger partial charge on any atom is 0.226 e. The Morgan fingerprint density at radius 2 is 2.30 bits per heavy atom. The zero-order valence-electron chi connectivity index (χ0n) is 11.3. The van der Waals surface area contributed by atoms with Crippen molar-refractivity contribution in [3.63, 3.8) is 0 Å². The molecule has 1 fully saturated rings. The first kappa shape index (κ1) is 15.2. The van der Waals surface area contributed by atoms with Gasteiger partial charge in [-0.3, -0.25) is 9.59 Å². The molecule has 1 aromatic carbocycles. The molecule has 1 aliphatic heterocycles. The Morgan fingerprint density at radius 1 is 1.50 bits per heavy atom. The summed E-state index contributed by atoms with van der Waals surface area (Å²) in [4.78, 5) is 26.0. The number of hydrogen-bond donors (Lipinski definition) is 1. The molecule has 0 saturated carbocycles. The molecule has 4 nitrogen and oxygen atoms in total. The molecule has 1 aromatic rings. The lowest BCUT2D eigenvalue weighted by Gasteiger charge is -2.15. The third-order valence-corrected chi connectivity index (χ3v) is 4.44. The summed E-state index contributed by atoms with van der Waals surface area (Å²) in [5.41, 5.74) is 0.686. The lowest BCUT2D eigenvalue weighted by atomic mass is 10.3. The van der Waals surface area contributed by atoms with Crippen molar-refractivity contribution >= 4 is 40.9 Å². The normalized spacial score (nSPS) is 14.7. The fraction of sp³-hybridized carbons (Fsp3) is 0.429. The first-order valence-electron chi connectivity index (χ1n) is 6.51. The Kier molecular flexibility index (Phi) is 5.31. The molecule has 0 unspecified atom stereocenters. The van der Waals surface area contributed by atoms with E-state index in [1.807, 2.05) is 18.4 Å². The van der Waals surface area contributed by atoms with Crippen molar-refractivity contribution in [3.8, 4) is 0 Å². The maximum absolute atomic E-state index is 11.8. The van der Waals surface area contributed by atoms with Gasteiger partial charge in [0.1, 0.15) is 0 Å². The number of thioether (sulfide) groups is 1. The minimum Gasteiger partial charge on any atom is -0.342 e. The summed E-state index contributed by atoms with van der Waals surface area (Å²) < 4.78 is 0. The van der Waals surface area contributed by atoms with E-state index in [0.717, 1.165) is 17.9 Å². The molecule has 2 amide bonds. The molecule has 6 heteroatoms. The molecule has 0 aliphatic carbocycles. The molecule has 1 N–H and O–H groups in total. The van der Waals surface area contributed by atoms with E-state index in [4.69, 9.17) is 11.6 Å². The van der Waals surface area contributed by atoms with Gasteiger partial charge in [-0.05, 0) is 30.9 Å². The molecule has 0 radical (unpaired) electrons. The van der Waals surface area contributed by atoms with Crippen LogP contribution in [-0.4, -0.2) is 36.1 Å². The van der Waals surface area contributed by atoms with E-state index < -0.39 is 0 Å². The minimum atomic E-state index is -0.0994. The Hall–Kier alpha value is -1.20. The van der Waals surface area contributed by atoms with Crippen LogP contribution >= 0.6 is 23.4 Å². The summed E-state index contributed by atoms with van der Waals surface area (Å²) in [7, 11) is 0. The van der Waals surface area contributed by atoms with Gasteiger partial charge in [0.05, 0.1) is 5.02 Å². The van der Waals surface area contributed by atoms with Gasteiger partial charge in [-0.2, -0.15) is 0 Å². The molecular formula is C14H17ClN2O2S. The number of benzene rings is 1. The summed E-state index contributed by atoms with van der Waals surface area (Å²) in [5, 5.41) is 3.43. The Labute approximate surface area is 127 Å². The average Bonchev–Trinajstić information content (AvgIpc) is 2.82. The smallest absolute Gasteiger partial charge is 0.226 e. The highest BCUT2D eigenvalue weighted by atomic mass is 35.5. The number of halogens is 1. The highest BCUT2D eigenvalue weighted by Crippen LogP contribution is 2.27. The number of nitrogens with zero attached hydrogens (tertiary/aromatic N) is 1. The number of carbonyl (C=O) groups excluding carboxylic acids is 2. The van der Waals surface area contributed by atoms with Gasteiger partial charge in [-0.25, -0.2) is 0 Å². The minimum absolute atomic E-state index is 0.0994. The highest BCUT2D eigenvalue weighted by molar-refractivity contribution is 7.98. The van der Waals surface area contributed by atoms with Gasteiger partial charge in [0.25, 0.3) is 0 Å². The van der Waals surface area contributed by atoms with Gasteiger partial charge in [0, 0.05) is 36.5 Å². The molecule has 108 valence electrons. The van der Waals surface area contributed by atoms with Crippen molar-refractivity contribution in [2.45, 2.75) is 24.2 Å². The second-order valence-electron chi connectivity index (χ2n) is 4.63. The molecule has 0 spiro atoms. The van der Waals surface area contributed by atoms with Crippen molar-refractivity contribution in [1.29, 1.82) is 0 Å². The van der Waals surface area contributed by atoms with Gasteiger partial charge in [-0.15, -0.1) is 11.8 Å². The predicted octanol–water partition coefficient (Wildman–Crippen LogP) is 3.01. The molecule has 0 bridgehead atoms. The summed E-state index contributed by atoms with van der Waals surface area (Å²) >= 11 is 7.65. The third-order valence-electron chi connectivity index (χ3n) is 3.22. The van der Waals surface area contributed by atoms with Crippen LogP contribution in [0, 0.1) is 0 Å². The number of likely N-dealkylation sites (tertiary alicyclic amines) is 1. The van der Waals surface area contributed by atoms with Gasteiger partial charge in [-0.1, -0.05) is 11.6 Å². The van der Waals surface area contributed by atoms with Crippen LogP contribution in [-0.2, 0) is 9.59 Å². The second kappa shape index (κ2) is 6.99. The lowest BCUT2D eigenvalue weighted by molar-refractivity contribution is -0.128. The fourth-order valence-electron chi connectivity index (χ4n) is 2.14. The Balaban J connectivity index is 1.85. The standard InChI is InChI=1S/C14H17ClN2O2S/c1-20-12-5-4-10(9-11(12)15)16-13(18)6-8-17-7-2-3-14(17)19/h4-5,9H,2-3,6-8H2,1H3,(H,16,18). The molecule has 1 saturated heterocycles. The van der Waals surface area contributed by atoms with Crippen LogP contribution in [0.2, 0.25) is 5.02 Å². The van der Waals surface area contributed by atoms with Crippen LogP contribution in [0.25, 0.3) is 0 Å². The summed E-state index contributed by atoms with van der Waals surface area (Å²) in [5.74, 6) is 0.0443. The average molecular weight is 313 g/mol. The van der Waals surface area contributed by atoms with Gasteiger partial charge >= 0.3 is 0 Å². The summed E-state index contributed by atoms with van der Waals surface area (Å²) in [6, 6.07) is 5.45. The monoisotopic (exact) mass is 312 g/mol. The van der Waals surface area contributed by atoms with Crippen molar-refractivity contribution in [2.24, 2.45) is 0 Å². The van der Waals surface area contributed by atoms with Crippen LogP contribution in [0.3, 0.4) is 0 Å². The van der Waals surface area contributed by atoms with E-state index in [9.17, 15) is 9.59 Å². The largest absolute Gasteiger partial charge is 0.342 e. The molecule has 2 rings (SSSR count). The zero-order chi connectivity index (χ0) is 14.5. The van der Waals surface area contributed by atoms with Gasteiger partial charge in [0.2, 0.25) is 11.8 Å². The van der Waals surface area contributed by atoms with Crippen molar-refractivity contribution in [3.05, 3.63) is 23.2 Å². The quantitative estimate of drug-likeness (QED) is 0.850. The topological polar surface area (TPSA) is 49.4 Å². The van der Waals surface area contributed by atoms with E-state index in [0.29, 0.717) is 30.1 Å². The van der Waals surface area contributed by atoms with Crippen molar-refractivity contribution < 1.29 is 9.59 Å². The molecule has 0 aromatic heterocycles. The number of anilines is 1. The summed E-state index contributed by atoms with van der Waals surface area (Å²) in [6.07, 6.45) is 3.76. The van der Waals surface area contributed by atoms with Crippen LogP contribution in [0.15, 0.2) is 23.1 Å². The summed E-state index contributed by atoms with van der Waals surface area (Å²) in [6.45, 7) is 1.25. The van der Waals surface area contributed by atoms with E-state index >= 15 is 0 Å². The first-order valence-corrected chi connectivity index (χ1v) is 8.11. The number of carbonyl (C=O) groups is 2. The van der Waals surface area contributed by atoms with Crippen LogP contribution in [0.1, 0.15) is 19.3 Å². The van der Waals surface area contributed by atoms with Crippen molar-refractivity contribution in [1.82, 2.24) is 4.90 Å². The van der Waals surface area contributed by atoms with Gasteiger partial charge in [0.15, 0.2) is 0 Å². The van der Waals surface area contributed by atoms with E-state index in [-0.39, 0.29) is 11.8 Å². The zero-order valence-corrected chi connectivity index (χ0v) is 12.9. The molecule has 1 heterocycles. The SMILES string of the molecule is CSc1ccc(NC(=O)CCN2CCCC2=O)cc1Cl. The maximum atomic E-state index is 11.8. The number of amides is 2. The van der Waals surface area contributed by atoms with Crippen LogP contribution in [0.5, 0.6) is 0 Å². The highest BCUT2D eigenvalue weighted by Gasteiger charge is 2.20. The second-order valence-corrected chi connectivity index (χ2v) is 5.89. The number of hydrogen-bond acceptors (Lipinski definition) is 3. The van der Waals surface area contributed by atoms with E-state index in [1.165, 1.54) is 0 Å².